The summed E-state index contributed by atoms with van der Waals surface area (Å²) in [5.74, 6) is -2.42. The lowest BCUT2D eigenvalue weighted by Gasteiger charge is -2.22. The third-order valence-corrected chi connectivity index (χ3v) is 2.48. The molecule has 88 valence electrons. The van der Waals surface area contributed by atoms with Gasteiger partial charge in [-0.1, -0.05) is 19.4 Å². The second-order valence-electron chi connectivity index (χ2n) is 4.09. The highest BCUT2D eigenvalue weighted by molar-refractivity contribution is 6.03. The maximum absolute atomic E-state index is 13.4. The molecule has 0 spiro atoms. The van der Waals surface area contributed by atoms with Gasteiger partial charge in [0, 0.05) is 0 Å². The largest absolute Gasteiger partial charge is 0.319 e. The fraction of sp³-hybridized carbons (Fsp3) is 0.417. The van der Waals surface area contributed by atoms with Crippen LogP contribution in [0.1, 0.15) is 37.0 Å². The first-order chi connectivity index (χ1) is 7.40. The molecule has 0 aliphatic heterocycles. The van der Waals surface area contributed by atoms with Crippen LogP contribution in [0.4, 0.5) is 8.78 Å². The van der Waals surface area contributed by atoms with Crippen LogP contribution in [0.5, 0.6) is 0 Å². The van der Waals surface area contributed by atoms with Crippen molar-refractivity contribution in [1.82, 2.24) is 0 Å². The minimum Gasteiger partial charge on any atom is -0.319 e. The Morgan fingerprint density at radius 2 is 1.88 bits per heavy atom. The van der Waals surface area contributed by atoms with E-state index in [1.54, 1.807) is 0 Å². The highest BCUT2D eigenvalue weighted by Gasteiger charge is 2.32. The molecule has 1 rings (SSSR count). The van der Waals surface area contributed by atoms with Gasteiger partial charge in [-0.3, -0.25) is 4.79 Å². The molecule has 0 heterocycles. The van der Waals surface area contributed by atoms with Gasteiger partial charge in [0.2, 0.25) is 0 Å². The number of carbonyl (C=O) groups excluding carboxylic acids is 1. The molecule has 1 aromatic carbocycles. The summed E-state index contributed by atoms with van der Waals surface area (Å²) in [5, 5.41) is 0. The maximum Gasteiger partial charge on any atom is 0.188 e. The van der Waals surface area contributed by atoms with E-state index in [0.29, 0.717) is 12.8 Å². The van der Waals surface area contributed by atoms with Crippen LogP contribution in [0.15, 0.2) is 18.2 Å². The van der Waals surface area contributed by atoms with Crippen molar-refractivity contribution in [3.63, 3.8) is 0 Å². The molecule has 0 aliphatic rings. The van der Waals surface area contributed by atoms with E-state index < -0.39 is 28.5 Å². The van der Waals surface area contributed by atoms with Crippen LogP contribution in [0.2, 0.25) is 0 Å². The number of benzene rings is 1. The summed E-state index contributed by atoms with van der Waals surface area (Å²) in [4.78, 5) is 11.9. The van der Waals surface area contributed by atoms with Crippen LogP contribution >= 0.6 is 0 Å². The van der Waals surface area contributed by atoms with E-state index in [1.807, 2.05) is 6.92 Å². The molecule has 2 nitrogen and oxygen atoms in total. The van der Waals surface area contributed by atoms with Gasteiger partial charge in [-0.15, -0.1) is 0 Å². The molecule has 0 radical (unpaired) electrons. The van der Waals surface area contributed by atoms with Crippen LogP contribution in [0, 0.1) is 11.6 Å². The molecule has 1 unspecified atom stereocenters. The highest BCUT2D eigenvalue weighted by atomic mass is 19.1. The molecule has 0 aliphatic carbocycles. The number of rotatable bonds is 4. The van der Waals surface area contributed by atoms with E-state index in [4.69, 9.17) is 5.73 Å². The van der Waals surface area contributed by atoms with Crippen molar-refractivity contribution in [1.29, 1.82) is 0 Å². The highest BCUT2D eigenvalue weighted by Crippen LogP contribution is 2.20. The molecule has 0 bridgehead atoms. The van der Waals surface area contributed by atoms with E-state index in [-0.39, 0.29) is 0 Å². The zero-order chi connectivity index (χ0) is 12.3. The molecule has 4 heteroatoms. The predicted molar refractivity (Wildman–Crippen MR) is 58.2 cm³/mol. The zero-order valence-electron chi connectivity index (χ0n) is 9.39. The Morgan fingerprint density at radius 3 is 2.31 bits per heavy atom. The van der Waals surface area contributed by atoms with E-state index >= 15 is 0 Å². The Morgan fingerprint density at radius 1 is 1.38 bits per heavy atom. The van der Waals surface area contributed by atoms with Crippen molar-refractivity contribution in [3.05, 3.63) is 35.4 Å². The number of halogens is 2. The van der Waals surface area contributed by atoms with Crippen molar-refractivity contribution in [3.8, 4) is 0 Å². The molecule has 1 aromatic rings. The van der Waals surface area contributed by atoms with Crippen molar-refractivity contribution in [2.75, 3.05) is 0 Å². The Hall–Kier alpha value is -1.29. The monoisotopic (exact) mass is 227 g/mol. The van der Waals surface area contributed by atoms with E-state index in [2.05, 4.69) is 0 Å². The van der Waals surface area contributed by atoms with Gasteiger partial charge < -0.3 is 5.73 Å². The summed E-state index contributed by atoms with van der Waals surface area (Å²) in [5.41, 5.74) is 3.99. The first kappa shape index (κ1) is 12.8. The van der Waals surface area contributed by atoms with E-state index in [1.165, 1.54) is 13.0 Å². The lowest BCUT2D eigenvalue weighted by molar-refractivity contribution is 0.0884. The van der Waals surface area contributed by atoms with Crippen LogP contribution in [0.3, 0.4) is 0 Å². The Bertz CT molecular complexity index is 382. The third kappa shape index (κ3) is 2.44. The van der Waals surface area contributed by atoms with Gasteiger partial charge in [0.25, 0.3) is 0 Å². The summed E-state index contributed by atoms with van der Waals surface area (Å²) in [6.07, 6.45) is 1.06. The first-order valence-corrected chi connectivity index (χ1v) is 5.18. The van der Waals surface area contributed by atoms with Gasteiger partial charge in [0.1, 0.15) is 11.6 Å². The smallest absolute Gasteiger partial charge is 0.188 e. The number of hydrogen-bond donors (Lipinski definition) is 1. The number of ketones is 1. The maximum atomic E-state index is 13.4. The van der Waals surface area contributed by atoms with E-state index in [9.17, 15) is 13.6 Å². The standard InChI is InChI=1S/C12H15F2NO/c1-3-7-12(2,15)11(16)10-8(13)5-4-6-9(10)14/h4-6H,3,7,15H2,1-2H3. The summed E-state index contributed by atoms with van der Waals surface area (Å²) in [6.45, 7) is 3.35. The Labute approximate surface area is 93.5 Å². The van der Waals surface area contributed by atoms with Gasteiger partial charge in [0.15, 0.2) is 5.78 Å². The van der Waals surface area contributed by atoms with Crippen molar-refractivity contribution < 1.29 is 13.6 Å². The van der Waals surface area contributed by atoms with Crippen LogP contribution < -0.4 is 5.73 Å². The molecular weight excluding hydrogens is 212 g/mol. The lowest BCUT2D eigenvalue weighted by Crippen LogP contribution is -2.45. The summed E-state index contributed by atoms with van der Waals surface area (Å²) < 4.78 is 26.7. The van der Waals surface area contributed by atoms with Gasteiger partial charge >= 0.3 is 0 Å². The lowest BCUT2D eigenvalue weighted by atomic mass is 9.87. The molecule has 16 heavy (non-hydrogen) atoms. The molecule has 0 saturated heterocycles. The quantitative estimate of drug-likeness (QED) is 0.803. The average Bonchev–Trinajstić information content (AvgIpc) is 2.17. The SMILES string of the molecule is CCCC(C)(N)C(=O)c1c(F)cccc1F. The van der Waals surface area contributed by atoms with Crippen LogP contribution in [0.25, 0.3) is 0 Å². The summed E-state index contributed by atoms with van der Waals surface area (Å²) in [7, 11) is 0. The van der Waals surface area contributed by atoms with Crippen LogP contribution in [-0.2, 0) is 0 Å². The summed E-state index contributed by atoms with van der Waals surface area (Å²) in [6, 6.07) is 3.33. The minimum atomic E-state index is -1.22. The van der Waals surface area contributed by atoms with Gasteiger partial charge in [-0.25, -0.2) is 8.78 Å². The zero-order valence-corrected chi connectivity index (χ0v) is 9.39. The van der Waals surface area contributed by atoms with Crippen molar-refractivity contribution in [2.24, 2.45) is 5.73 Å². The van der Waals surface area contributed by atoms with Gasteiger partial charge in [-0.05, 0) is 25.5 Å². The third-order valence-electron chi connectivity index (χ3n) is 2.48. The van der Waals surface area contributed by atoms with Crippen LogP contribution in [-0.4, -0.2) is 11.3 Å². The fourth-order valence-electron chi connectivity index (χ4n) is 1.63. The number of Topliss-reactive ketones (excluding diaryl/α,β-unsaturated/α-hetero) is 1. The molecule has 1 atom stereocenters. The molecule has 0 aromatic heterocycles. The molecule has 0 saturated carbocycles. The molecule has 0 fully saturated rings. The van der Waals surface area contributed by atoms with E-state index in [0.717, 1.165) is 12.1 Å². The second-order valence-corrected chi connectivity index (χ2v) is 4.09. The van der Waals surface area contributed by atoms with Gasteiger partial charge in [-0.2, -0.15) is 0 Å². The normalized spacial score (nSPS) is 14.6. The number of hydrogen-bond acceptors (Lipinski definition) is 2. The first-order valence-electron chi connectivity index (χ1n) is 5.18. The average molecular weight is 227 g/mol. The Balaban J connectivity index is 3.14. The van der Waals surface area contributed by atoms with Gasteiger partial charge in [0.05, 0.1) is 11.1 Å². The van der Waals surface area contributed by atoms with Crippen molar-refractivity contribution in [2.45, 2.75) is 32.2 Å². The Kier molecular flexibility index (Phi) is 3.75. The fourth-order valence-corrected chi connectivity index (χ4v) is 1.63. The topological polar surface area (TPSA) is 43.1 Å². The second kappa shape index (κ2) is 4.70. The number of carbonyl (C=O) groups is 1. The predicted octanol–water partition coefficient (Wildman–Crippen LogP) is 2.67. The molecular formula is C12H15F2NO. The minimum absolute atomic E-state index is 0.388. The number of nitrogens with two attached hydrogens (primary N) is 1. The molecule has 2 N–H and O–H groups in total. The summed E-state index contributed by atoms with van der Waals surface area (Å²) >= 11 is 0. The molecule has 0 amide bonds. The van der Waals surface area contributed by atoms with Crippen molar-refractivity contribution >= 4 is 5.78 Å².